The van der Waals surface area contributed by atoms with Gasteiger partial charge in [-0.05, 0) is 35.2 Å². The average molecular weight is 364 g/mol. The molecule has 26 heavy (non-hydrogen) atoms. The van der Waals surface area contributed by atoms with E-state index in [1.807, 2.05) is 29.6 Å². The van der Waals surface area contributed by atoms with Crippen molar-refractivity contribution in [1.82, 2.24) is 19.9 Å². The van der Waals surface area contributed by atoms with Gasteiger partial charge in [-0.15, -0.1) is 11.3 Å². The first-order chi connectivity index (χ1) is 12.7. The van der Waals surface area contributed by atoms with Crippen LogP contribution in [0.4, 0.5) is 0 Å². The first kappa shape index (κ1) is 16.3. The van der Waals surface area contributed by atoms with Crippen LogP contribution in [0.1, 0.15) is 11.3 Å². The van der Waals surface area contributed by atoms with Crippen molar-refractivity contribution in [2.24, 2.45) is 0 Å². The van der Waals surface area contributed by atoms with E-state index >= 15 is 0 Å². The third-order valence-corrected chi connectivity index (χ3v) is 4.87. The first-order valence-corrected chi connectivity index (χ1v) is 8.91. The van der Waals surface area contributed by atoms with Crippen LogP contribution in [-0.2, 0) is 11.2 Å². The largest absolute Gasteiger partial charge is 0.494 e. The zero-order chi connectivity index (χ0) is 17.9. The quantitative estimate of drug-likeness (QED) is 0.509. The molecule has 0 aliphatic rings. The Bertz CT molecular complexity index is 1060. The number of ketones is 1. The van der Waals surface area contributed by atoms with Gasteiger partial charge in [0, 0.05) is 6.42 Å². The van der Waals surface area contributed by atoms with Crippen molar-refractivity contribution in [1.29, 1.82) is 0 Å². The van der Waals surface area contributed by atoms with E-state index in [1.54, 1.807) is 43.1 Å². The van der Waals surface area contributed by atoms with Gasteiger partial charge in [-0.25, -0.2) is 9.97 Å². The molecular weight excluding hydrogens is 348 g/mol. The van der Waals surface area contributed by atoms with Crippen molar-refractivity contribution in [3.05, 3.63) is 59.5 Å². The van der Waals surface area contributed by atoms with Gasteiger partial charge in [0.2, 0.25) is 0 Å². The lowest BCUT2D eigenvalue weighted by Crippen LogP contribution is -2.00. The van der Waals surface area contributed by atoms with Gasteiger partial charge >= 0.3 is 0 Å². The highest BCUT2D eigenvalue weighted by Gasteiger charge is 2.15. The van der Waals surface area contributed by atoms with Crippen LogP contribution in [0, 0.1) is 0 Å². The Morgan fingerprint density at radius 2 is 2.27 bits per heavy atom. The second-order valence-electron chi connectivity index (χ2n) is 5.70. The number of aromatic amines is 2. The van der Waals surface area contributed by atoms with Gasteiger partial charge in [-0.2, -0.15) is 0 Å². The summed E-state index contributed by atoms with van der Waals surface area (Å²) in [7, 11) is 1.62. The number of imidazole rings is 2. The number of benzene rings is 1. The number of nitrogens with zero attached hydrogens (tertiary/aromatic N) is 2. The summed E-state index contributed by atoms with van der Waals surface area (Å²) in [5.41, 5.74) is 3.21. The molecule has 1 aromatic carbocycles. The SMILES string of the molecule is COc1ccc(CC(=O)/C=C/c2cnc[nH]2)c2nc(-c3cccs3)[nH]c12. The summed E-state index contributed by atoms with van der Waals surface area (Å²) < 4.78 is 5.44. The Morgan fingerprint density at radius 1 is 1.35 bits per heavy atom. The Hall–Kier alpha value is -3.19. The third kappa shape index (κ3) is 3.16. The molecule has 0 saturated carbocycles. The fourth-order valence-electron chi connectivity index (χ4n) is 2.75. The minimum atomic E-state index is -0.00765. The molecule has 3 heterocycles. The topological polar surface area (TPSA) is 83.7 Å². The van der Waals surface area contributed by atoms with E-state index in [4.69, 9.17) is 9.72 Å². The van der Waals surface area contributed by atoms with Crippen molar-refractivity contribution in [3.63, 3.8) is 0 Å². The van der Waals surface area contributed by atoms with E-state index in [-0.39, 0.29) is 12.2 Å². The normalized spacial score (nSPS) is 11.4. The molecule has 7 heteroatoms. The predicted molar refractivity (Wildman–Crippen MR) is 102 cm³/mol. The molecule has 0 saturated heterocycles. The molecule has 4 aromatic rings. The monoisotopic (exact) mass is 364 g/mol. The van der Waals surface area contributed by atoms with Gasteiger partial charge in [0.25, 0.3) is 0 Å². The summed E-state index contributed by atoms with van der Waals surface area (Å²) in [5, 5.41) is 2.00. The number of rotatable bonds is 6. The number of aromatic nitrogens is 4. The number of thiophene rings is 1. The molecule has 6 nitrogen and oxygen atoms in total. The zero-order valence-corrected chi connectivity index (χ0v) is 14.8. The van der Waals surface area contributed by atoms with E-state index < -0.39 is 0 Å². The molecule has 0 fully saturated rings. The highest BCUT2D eigenvalue weighted by Crippen LogP contribution is 2.31. The number of H-pyrrole nitrogens is 2. The molecule has 130 valence electrons. The molecule has 0 bridgehead atoms. The molecule has 0 aliphatic heterocycles. The molecule has 0 unspecified atom stereocenters. The molecular formula is C19H16N4O2S. The first-order valence-electron chi connectivity index (χ1n) is 8.03. The van der Waals surface area contributed by atoms with Crippen LogP contribution in [0.3, 0.4) is 0 Å². The lowest BCUT2D eigenvalue weighted by molar-refractivity contribution is -0.113. The van der Waals surface area contributed by atoms with Crippen LogP contribution in [-0.4, -0.2) is 32.8 Å². The number of fused-ring (bicyclic) bond motifs is 1. The Morgan fingerprint density at radius 3 is 3.00 bits per heavy atom. The van der Waals surface area contributed by atoms with E-state index in [0.29, 0.717) is 5.75 Å². The Balaban J connectivity index is 1.67. The maximum atomic E-state index is 12.4. The smallest absolute Gasteiger partial charge is 0.160 e. The van der Waals surface area contributed by atoms with Crippen molar-refractivity contribution in [2.45, 2.75) is 6.42 Å². The summed E-state index contributed by atoms with van der Waals surface area (Å²) in [4.78, 5) is 28.3. The van der Waals surface area contributed by atoms with Crippen molar-refractivity contribution in [3.8, 4) is 16.5 Å². The Labute approximate surface area is 153 Å². The molecule has 0 radical (unpaired) electrons. The van der Waals surface area contributed by atoms with Crippen LogP contribution in [0.2, 0.25) is 0 Å². The highest BCUT2D eigenvalue weighted by molar-refractivity contribution is 7.13. The number of methoxy groups -OCH3 is 1. The number of ether oxygens (including phenoxy) is 1. The van der Waals surface area contributed by atoms with Gasteiger partial charge in [0.15, 0.2) is 5.78 Å². The maximum absolute atomic E-state index is 12.4. The average Bonchev–Trinajstić information content (AvgIpc) is 3.41. The lowest BCUT2D eigenvalue weighted by Gasteiger charge is -2.04. The van der Waals surface area contributed by atoms with E-state index in [0.717, 1.165) is 33.0 Å². The van der Waals surface area contributed by atoms with Gasteiger partial charge in [0.05, 0.1) is 35.7 Å². The molecule has 0 spiro atoms. The number of allylic oxidation sites excluding steroid dienone is 1. The van der Waals surface area contributed by atoms with Crippen LogP contribution < -0.4 is 4.74 Å². The summed E-state index contributed by atoms with van der Waals surface area (Å²) in [5.74, 6) is 1.48. The summed E-state index contributed by atoms with van der Waals surface area (Å²) in [6.07, 6.45) is 6.78. The van der Waals surface area contributed by atoms with Crippen molar-refractivity contribution in [2.75, 3.05) is 7.11 Å². The number of carbonyl (C=O) groups is 1. The third-order valence-electron chi connectivity index (χ3n) is 4.00. The fourth-order valence-corrected chi connectivity index (χ4v) is 3.42. The summed E-state index contributed by atoms with van der Waals surface area (Å²) in [6, 6.07) is 7.74. The number of hydrogen-bond acceptors (Lipinski definition) is 5. The van der Waals surface area contributed by atoms with Crippen molar-refractivity contribution >= 4 is 34.2 Å². The number of hydrogen-bond donors (Lipinski definition) is 2. The molecule has 3 aromatic heterocycles. The summed E-state index contributed by atoms with van der Waals surface area (Å²) in [6.45, 7) is 0. The highest BCUT2D eigenvalue weighted by atomic mass is 32.1. The van der Waals surface area contributed by atoms with Crippen LogP contribution in [0.5, 0.6) is 5.75 Å². The lowest BCUT2D eigenvalue weighted by atomic mass is 10.1. The van der Waals surface area contributed by atoms with E-state index in [2.05, 4.69) is 15.0 Å². The second-order valence-corrected chi connectivity index (χ2v) is 6.64. The van der Waals surface area contributed by atoms with Crippen LogP contribution >= 0.6 is 11.3 Å². The van der Waals surface area contributed by atoms with Gasteiger partial charge in [0.1, 0.15) is 17.1 Å². The molecule has 0 aliphatic carbocycles. The number of nitrogens with one attached hydrogen (secondary N) is 2. The predicted octanol–water partition coefficient (Wildman–Crippen LogP) is 3.85. The molecule has 4 rings (SSSR count). The van der Waals surface area contributed by atoms with Gasteiger partial charge in [-0.3, -0.25) is 4.79 Å². The van der Waals surface area contributed by atoms with Gasteiger partial charge < -0.3 is 14.7 Å². The van der Waals surface area contributed by atoms with Crippen molar-refractivity contribution < 1.29 is 9.53 Å². The Kier molecular flexibility index (Phi) is 4.37. The molecule has 0 atom stereocenters. The standard InChI is InChI=1S/C19H16N4O2S/c1-25-15-7-4-12(9-14(24)6-5-13-10-20-11-21-13)17-18(15)23-19(22-17)16-3-2-8-26-16/h2-8,10-11H,9H2,1H3,(H,20,21)(H,22,23)/b6-5+. The van der Waals surface area contributed by atoms with Crippen LogP contribution in [0.25, 0.3) is 27.8 Å². The molecule has 2 N–H and O–H groups in total. The zero-order valence-electron chi connectivity index (χ0n) is 14.0. The minimum absolute atomic E-state index is 0.00765. The van der Waals surface area contributed by atoms with E-state index in [1.165, 1.54) is 0 Å². The summed E-state index contributed by atoms with van der Waals surface area (Å²) >= 11 is 1.61. The minimum Gasteiger partial charge on any atom is -0.494 e. The van der Waals surface area contributed by atoms with E-state index in [9.17, 15) is 4.79 Å². The fraction of sp³-hybridized carbons (Fsp3) is 0.105. The van der Waals surface area contributed by atoms with Crippen LogP contribution in [0.15, 0.2) is 48.2 Å². The number of carbonyl (C=O) groups excluding carboxylic acids is 1. The molecule has 0 amide bonds. The second kappa shape index (κ2) is 6.97. The maximum Gasteiger partial charge on any atom is 0.160 e. The van der Waals surface area contributed by atoms with Gasteiger partial charge in [-0.1, -0.05) is 12.1 Å².